The van der Waals surface area contributed by atoms with E-state index in [4.69, 9.17) is 4.74 Å². The summed E-state index contributed by atoms with van der Waals surface area (Å²) in [4.78, 5) is 17.7. The first kappa shape index (κ1) is 25.6. The number of benzene rings is 2. The molecule has 204 valence electrons. The van der Waals surface area contributed by atoms with E-state index in [0.717, 1.165) is 36.7 Å². The average molecular weight is 535 g/mol. The summed E-state index contributed by atoms with van der Waals surface area (Å²) in [5.41, 5.74) is 0.239. The molecule has 0 bridgehead atoms. The Morgan fingerprint density at radius 2 is 2.05 bits per heavy atom. The van der Waals surface area contributed by atoms with Crippen LogP contribution < -0.4 is 10.1 Å². The molecule has 2 aliphatic rings. The van der Waals surface area contributed by atoms with Gasteiger partial charge in [-0.15, -0.1) is 0 Å². The number of phenols is 1. The number of aromatic nitrogens is 3. The molecule has 8 nitrogen and oxygen atoms in total. The molecule has 2 aromatic carbocycles. The summed E-state index contributed by atoms with van der Waals surface area (Å²) in [6.45, 7) is 2.82. The zero-order valence-corrected chi connectivity index (χ0v) is 22.1. The number of anilines is 1. The number of nitrogens with zero attached hydrogens (tertiary/aromatic N) is 5. The largest absolute Gasteiger partial charge is 0.508 e. The monoisotopic (exact) mass is 534 g/mol. The van der Waals surface area contributed by atoms with Crippen LogP contribution in [-0.4, -0.2) is 88.5 Å². The van der Waals surface area contributed by atoms with Gasteiger partial charge in [-0.25, -0.2) is 8.78 Å². The predicted molar refractivity (Wildman–Crippen MR) is 147 cm³/mol. The first-order chi connectivity index (χ1) is 18.8. The molecule has 4 aromatic rings. The minimum absolute atomic E-state index is 0.0193. The van der Waals surface area contributed by atoms with Gasteiger partial charge in [0, 0.05) is 37.8 Å². The minimum Gasteiger partial charge on any atom is -0.508 e. The summed E-state index contributed by atoms with van der Waals surface area (Å²) in [5.74, 6) is -0.187. The number of alkyl halides is 1. The van der Waals surface area contributed by atoms with Gasteiger partial charge in [-0.2, -0.15) is 9.97 Å². The van der Waals surface area contributed by atoms with E-state index in [0.29, 0.717) is 36.3 Å². The molecule has 2 fully saturated rings. The molecule has 0 spiro atoms. The highest BCUT2D eigenvalue weighted by Gasteiger charge is 2.49. The smallest absolute Gasteiger partial charge is 0.319 e. The highest BCUT2D eigenvalue weighted by molar-refractivity contribution is 5.99. The van der Waals surface area contributed by atoms with Crippen molar-refractivity contribution in [2.45, 2.75) is 31.0 Å². The van der Waals surface area contributed by atoms with Gasteiger partial charge >= 0.3 is 6.01 Å². The van der Waals surface area contributed by atoms with Crippen LogP contribution in [0.15, 0.2) is 42.6 Å². The molecule has 2 N–H and O–H groups in total. The number of halogens is 2. The fourth-order valence-electron chi connectivity index (χ4n) is 5.96. The van der Waals surface area contributed by atoms with Crippen molar-refractivity contribution in [1.82, 2.24) is 24.8 Å². The van der Waals surface area contributed by atoms with E-state index in [2.05, 4.69) is 25.2 Å². The van der Waals surface area contributed by atoms with Gasteiger partial charge in [0.15, 0.2) is 5.82 Å². The number of rotatable bonds is 8. The molecule has 6 rings (SSSR count). The van der Waals surface area contributed by atoms with Crippen LogP contribution in [0, 0.1) is 5.82 Å². The summed E-state index contributed by atoms with van der Waals surface area (Å²) in [6.07, 6.45) is 2.94. The minimum atomic E-state index is -0.877. The number of likely N-dealkylation sites (N-methyl/N-ethyl adjacent to an activating group) is 1. The van der Waals surface area contributed by atoms with Gasteiger partial charge in [-0.3, -0.25) is 9.88 Å². The van der Waals surface area contributed by atoms with Crippen molar-refractivity contribution < 1.29 is 18.6 Å². The number of fused-ring (bicyclic) bond motifs is 3. The van der Waals surface area contributed by atoms with Gasteiger partial charge in [0.25, 0.3) is 0 Å². The third-order valence-corrected chi connectivity index (χ3v) is 7.85. The molecule has 2 saturated heterocycles. The van der Waals surface area contributed by atoms with Crippen LogP contribution in [0.3, 0.4) is 0 Å². The molecule has 2 atom stereocenters. The van der Waals surface area contributed by atoms with Gasteiger partial charge in [0.1, 0.15) is 35.6 Å². The van der Waals surface area contributed by atoms with Gasteiger partial charge in [0.2, 0.25) is 0 Å². The fourth-order valence-corrected chi connectivity index (χ4v) is 5.96. The maximum atomic E-state index is 16.2. The van der Waals surface area contributed by atoms with Crippen LogP contribution in [0.4, 0.5) is 14.6 Å². The van der Waals surface area contributed by atoms with E-state index in [1.807, 2.05) is 43.3 Å². The Kier molecular flexibility index (Phi) is 6.68. The quantitative estimate of drug-likeness (QED) is 0.339. The highest BCUT2D eigenvalue weighted by Crippen LogP contribution is 2.41. The van der Waals surface area contributed by atoms with Crippen molar-refractivity contribution in [2.24, 2.45) is 0 Å². The fraction of sp³-hybridized carbons (Fsp3) is 0.414. The van der Waals surface area contributed by atoms with Gasteiger partial charge < -0.3 is 20.1 Å². The van der Waals surface area contributed by atoms with Crippen LogP contribution in [-0.2, 0) is 0 Å². The third kappa shape index (κ3) is 4.83. The molecule has 39 heavy (non-hydrogen) atoms. The molecule has 4 heterocycles. The number of hydrogen-bond acceptors (Lipinski definition) is 8. The lowest BCUT2D eigenvalue weighted by atomic mass is 9.95. The Labute approximate surface area is 225 Å². The predicted octanol–water partition coefficient (Wildman–Crippen LogP) is 4.62. The summed E-state index contributed by atoms with van der Waals surface area (Å²) >= 11 is 0. The van der Waals surface area contributed by atoms with Crippen molar-refractivity contribution in [3.8, 4) is 23.0 Å². The Balaban J connectivity index is 1.42. The van der Waals surface area contributed by atoms with E-state index >= 15 is 4.39 Å². The Morgan fingerprint density at radius 3 is 2.90 bits per heavy atom. The van der Waals surface area contributed by atoms with Crippen LogP contribution in [0.25, 0.3) is 32.9 Å². The zero-order chi connectivity index (χ0) is 27.1. The standard InChI is InChI=1S/C29H32F2N6O2/c1-36(2)11-9-32-27-23-15-33-25(22-13-20(38)12-18-6-3-4-7-21(18)22)24(31)26(23)34-28(35-27)39-17-29-8-5-10-37(29)16-19(30)14-29/h3-4,6-7,12-13,15,19,38H,5,8-11,14,16-17H2,1-2H3,(H,32,34,35)/t19-,29?/m1/s1. The van der Waals surface area contributed by atoms with Crippen LogP contribution >= 0.6 is 0 Å². The molecular formula is C29H32F2N6O2. The van der Waals surface area contributed by atoms with Crippen LogP contribution in [0.5, 0.6) is 11.8 Å². The first-order valence-electron chi connectivity index (χ1n) is 13.3. The molecule has 0 radical (unpaired) electrons. The number of aromatic hydroxyl groups is 1. The first-order valence-corrected chi connectivity index (χ1v) is 13.3. The second-order valence-electron chi connectivity index (χ2n) is 10.8. The Hall–Kier alpha value is -3.63. The summed E-state index contributed by atoms with van der Waals surface area (Å²) < 4.78 is 36.6. The summed E-state index contributed by atoms with van der Waals surface area (Å²) in [6, 6.07) is 10.6. The van der Waals surface area contributed by atoms with Crippen molar-refractivity contribution in [2.75, 3.05) is 52.2 Å². The molecule has 1 unspecified atom stereocenters. The molecule has 2 aromatic heterocycles. The van der Waals surface area contributed by atoms with Crippen molar-refractivity contribution in [3.05, 3.63) is 48.4 Å². The Bertz CT molecular complexity index is 1530. The molecule has 2 aliphatic heterocycles. The summed E-state index contributed by atoms with van der Waals surface area (Å²) in [5, 5.41) is 15.6. The average Bonchev–Trinajstić information content (AvgIpc) is 3.43. The molecular weight excluding hydrogens is 502 g/mol. The van der Waals surface area contributed by atoms with E-state index in [1.165, 1.54) is 6.07 Å². The molecule has 0 aliphatic carbocycles. The van der Waals surface area contributed by atoms with E-state index < -0.39 is 12.0 Å². The number of hydrogen-bond donors (Lipinski definition) is 2. The van der Waals surface area contributed by atoms with Crippen molar-refractivity contribution in [1.29, 1.82) is 0 Å². The second-order valence-corrected chi connectivity index (χ2v) is 10.8. The maximum Gasteiger partial charge on any atom is 0.319 e. The highest BCUT2D eigenvalue weighted by atomic mass is 19.1. The summed E-state index contributed by atoms with van der Waals surface area (Å²) in [7, 11) is 3.93. The second kappa shape index (κ2) is 10.2. The zero-order valence-electron chi connectivity index (χ0n) is 22.1. The van der Waals surface area contributed by atoms with Gasteiger partial charge in [0.05, 0.1) is 10.9 Å². The van der Waals surface area contributed by atoms with E-state index in [9.17, 15) is 9.50 Å². The van der Waals surface area contributed by atoms with Gasteiger partial charge in [-0.05, 0) is 56.4 Å². The SMILES string of the molecule is CN(C)CCNc1nc(OCC23CCCN2C[C@H](F)C3)nc2c(F)c(-c3cc(O)cc4ccccc34)ncc12. The number of ether oxygens (including phenoxy) is 1. The van der Waals surface area contributed by atoms with E-state index in [1.54, 1.807) is 12.3 Å². The lowest BCUT2D eigenvalue weighted by Crippen LogP contribution is -2.43. The lowest BCUT2D eigenvalue weighted by Gasteiger charge is -2.30. The molecule has 0 amide bonds. The molecule has 0 saturated carbocycles. The van der Waals surface area contributed by atoms with Crippen LogP contribution in [0.2, 0.25) is 0 Å². The maximum absolute atomic E-state index is 16.2. The topological polar surface area (TPSA) is 86.6 Å². The van der Waals surface area contributed by atoms with Crippen LogP contribution in [0.1, 0.15) is 19.3 Å². The van der Waals surface area contributed by atoms with Crippen molar-refractivity contribution in [3.63, 3.8) is 0 Å². The number of nitrogens with one attached hydrogen (secondary N) is 1. The lowest BCUT2D eigenvalue weighted by molar-refractivity contribution is 0.107. The van der Waals surface area contributed by atoms with Gasteiger partial charge in [-0.1, -0.05) is 24.3 Å². The van der Waals surface area contributed by atoms with Crippen molar-refractivity contribution >= 4 is 27.5 Å². The van der Waals surface area contributed by atoms with E-state index in [-0.39, 0.29) is 35.1 Å². The number of pyridine rings is 1. The third-order valence-electron chi connectivity index (χ3n) is 7.85. The number of phenolic OH excluding ortho intramolecular Hbond substituents is 1. The normalized spacial score (nSPS) is 21.2. The Morgan fingerprint density at radius 1 is 1.21 bits per heavy atom. The molecule has 10 heteroatoms.